The van der Waals surface area contributed by atoms with Crippen LogP contribution in [0.3, 0.4) is 0 Å². The van der Waals surface area contributed by atoms with E-state index in [1.807, 2.05) is 19.1 Å². The third-order valence-corrected chi connectivity index (χ3v) is 4.24. The van der Waals surface area contributed by atoms with Crippen LogP contribution in [0.4, 0.5) is 11.8 Å². The van der Waals surface area contributed by atoms with Crippen molar-refractivity contribution in [3.63, 3.8) is 0 Å². The molecule has 2 heterocycles. The van der Waals surface area contributed by atoms with Gasteiger partial charge in [-0.2, -0.15) is 4.98 Å². The Balaban J connectivity index is 1.87. The van der Waals surface area contributed by atoms with Crippen LogP contribution in [-0.4, -0.2) is 32.7 Å². The Labute approximate surface area is 141 Å². The van der Waals surface area contributed by atoms with E-state index in [1.165, 1.54) is 0 Å². The highest BCUT2D eigenvalue weighted by Gasteiger charge is 2.25. The van der Waals surface area contributed by atoms with E-state index in [1.54, 1.807) is 12.4 Å². The number of hydrogen-bond donors (Lipinski definition) is 3. The molecule has 1 fully saturated rings. The number of pyridine rings is 1. The third kappa shape index (κ3) is 3.81. The summed E-state index contributed by atoms with van der Waals surface area (Å²) in [7, 11) is 0. The Morgan fingerprint density at radius 1 is 1.33 bits per heavy atom. The van der Waals surface area contributed by atoms with Crippen molar-refractivity contribution < 1.29 is 5.11 Å². The van der Waals surface area contributed by atoms with Crippen molar-refractivity contribution in [2.24, 2.45) is 5.92 Å². The van der Waals surface area contributed by atoms with Crippen molar-refractivity contribution in [3.05, 3.63) is 41.3 Å². The molecule has 0 radical (unpaired) electrons. The maximum absolute atomic E-state index is 9.30. The van der Waals surface area contributed by atoms with Crippen molar-refractivity contribution in [2.45, 2.75) is 32.2 Å². The molecule has 0 amide bonds. The Bertz CT molecular complexity index is 766. The number of nitrogens with two attached hydrogens (primary N) is 1. The summed E-state index contributed by atoms with van der Waals surface area (Å²) in [6, 6.07) is 4.03. The molecular formula is C18H21N5O. The average Bonchev–Trinajstić information content (AvgIpc) is 3.02. The van der Waals surface area contributed by atoms with E-state index in [0.717, 1.165) is 36.1 Å². The number of rotatable bonds is 3. The minimum Gasteiger partial charge on any atom is -0.396 e. The van der Waals surface area contributed by atoms with Crippen LogP contribution in [0.2, 0.25) is 0 Å². The lowest BCUT2D eigenvalue weighted by atomic mass is 10.1. The number of aliphatic hydroxyl groups is 1. The highest BCUT2D eigenvalue weighted by Crippen LogP contribution is 2.28. The third-order valence-electron chi connectivity index (χ3n) is 4.24. The zero-order valence-corrected chi connectivity index (χ0v) is 13.7. The maximum Gasteiger partial charge on any atom is 0.222 e. The molecule has 6 nitrogen and oxygen atoms in total. The van der Waals surface area contributed by atoms with E-state index in [-0.39, 0.29) is 18.6 Å². The van der Waals surface area contributed by atoms with Crippen LogP contribution in [0, 0.1) is 24.7 Å². The van der Waals surface area contributed by atoms with Crippen molar-refractivity contribution in [1.29, 1.82) is 0 Å². The molecule has 0 saturated heterocycles. The van der Waals surface area contributed by atoms with Crippen LogP contribution in [0.25, 0.3) is 0 Å². The summed E-state index contributed by atoms with van der Waals surface area (Å²) in [6.45, 7) is 2.11. The van der Waals surface area contributed by atoms with Gasteiger partial charge in [-0.25, -0.2) is 4.98 Å². The normalized spacial score (nSPS) is 19.6. The van der Waals surface area contributed by atoms with Gasteiger partial charge in [0.25, 0.3) is 0 Å². The number of nitrogens with one attached hydrogen (secondary N) is 1. The Kier molecular flexibility index (Phi) is 4.92. The predicted octanol–water partition coefficient (Wildman–Crippen LogP) is 1.73. The van der Waals surface area contributed by atoms with Crippen LogP contribution >= 0.6 is 0 Å². The van der Waals surface area contributed by atoms with Gasteiger partial charge < -0.3 is 16.2 Å². The van der Waals surface area contributed by atoms with E-state index in [9.17, 15) is 5.11 Å². The average molecular weight is 323 g/mol. The van der Waals surface area contributed by atoms with E-state index < -0.39 is 0 Å². The summed E-state index contributed by atoms with van der Waals surface area (Å²) in [6.07, 6.45) is 6.38. The first-order chi connectivity index (χ1) is 11.7. The smallest absolute Gasteiger partial charge is 0.222 e. The minimum atomic E-state index is 0.233. The van der Waals surface area contributed by atoms with Gasteiger partial charge in [-0.15, -0.1) is 0 Å². The molecule has 1 saturated carbocycles. The van der Waals surface area contributed by atoms with Crippen molar-refractivity contribution in [3.8, 4) is 11.8 Å². The second-order valence-corrected chi connectivity index (χ2v) is 6.09. The number of nitrogens with zero attached hydrogens (tertiary/aromatic N) is 3. The number of aliphatic hydroxyl groups excluding tert-OH is 1. The molecular weight excluding hydrogens is 302 g/mol. The molecule has 1 aliphatic rings. The summed E-state index contributed by atoms with van der Waals surface area (Å²) >= 11 is 0. The van der Waals surface area contributed by atoms with Crippen molar-refractivity contribution in [1.82, 2.24) is 15.0 Å². The molecule has 2 atom stereocenters. The first-order valence-electron chi connectivity index (χ1n) is 8.09. The highest BCUT2D eigenvalue weighted by molar-refractivity contribution is 5.59. The van der Waals surface area contributed by atoms with Gasteiger partial charge in [0.15, 0.2) is 0 Å². The quantitative estimate of drug-likeness (QED) is 0.744. The number of hydrogen-bond acceptors (Lipinski definition) is 6. The molecule has 6 heteroatoms. The predicted molar refractivity (Wildman–Crippen MR) is 93.2 cm³/mol. The molecule has 0 aromatic carbocycles. The fourth-order valence-electron chi connectivity index (χ4n) is 2.99. The number of nitrogen functional groups attached to an aromatic ring is 1. The summed E-state index contributed by atoms with van der Waals surface area (Å²) < 4.78 is 0. The molecule has 3 rings (SSSR count). The van der Waals surface area contributed by atoms with E-state index >= 15 is 0 Å². The number of aryl methyl sites for hydroxylation is 1. The van der Waals surface area contributed by atoms with Gasteiger partial charge in [0.05, 0.1) is 11.3 Å². The van der Waals surface area contributed by atoms with Crippen LogP contribution < -0.4 is 11.1 Å². The van der Waals surface area contributed by atoms with Gasteiger partial charge in [0, 0.05) is 30.6 Å². The van der Waals surface area contributed by atoms with Gasteiger partial charge in [-0.05, 0) is 44.2 Å². The largest absolute Gasteiger partial charge is 0.396 e. The molecule has 1 aliphatic carbocycles. The Hall–Kier alpha value is -2.65. The summed E-state index contributed by atoms with van der Waals surface area (Å²) in [5, 5.41) is 12.7. The lowest BCUT2D eigenvalue weighted by molar-refractivity contribution is 0.229. The molecule has 2 unspecified atom stereocenters. The number of aromatic nitrogens is 3. The van der Waals surface area contributed by atoms with Crippen molar-refractivity contribution in [2.75, 3.05) is 17.7 Å². The standard InChI is InChI=1S/C18H21N5O/c1-12-16(7-5-13-3-2-8-20-10-13)17(23-18(19)21-12)22-15-6-4-14(9-15)11-24/h2-3,8,10,14-15,24H,4,6,9,11H2,1H3,(H3,19,21,22,23). The van der Waals surface area contributed by atoms with Gasteiger partial charge in [0.2, 0.25) is 5.95 Å². The van der Waals surface area contributed by atoms with Gasteiger partial charge in [0.1, 0.15) is 5.82 Å². The Morgan fingerprint density at radius 3 is 2.92 bits per heavy atom. The van der Waals surface area contributed by atoms with E-state index in [2.05, 4.69) is 32.1 Å². The number of anilines is 2. The molecule has 0 spiro atoms. The SMILES string of the molecule is Cc1nc(N)nc(NC2CCC(CO)C2)c1C#Cc1cccnc1. The van der Waals surface area contributed by atoms with Gasteiger partial charge >= 0.3 is 0 Å². The second-order valence-electron chi connectivity index (χ2n) is 6.09. The summed E-state index contributed by atoms with van der Waals surface area (Å²) in [5.74, 6) is 7.49. The summed E-state index contributed by atoms with van der Waals surface area (Å²) in [5.41, 5.74) is 8.14. The first kappa shape index (κ1) is 16.2. The van der Waals surface area contributed by atoms with Crippen LogP contribution in [0.5, 0.6) is 0 Å². The minimum absolute atomic E-state index is 0.233. The molecule has 4 N–H and O–H groups in total. The second kappa shape index (κ2) is 7.28. The van der Waals surface area contributed by atoms with Gasteiger partial charge in [-0.1, -0.05) is 11.8 Å². The topological polar surface area (TPSA) is 97.0 Å². The van der Waals surface area contributed by atoms with Crippen molar-refractivity contribution >= 4 is 11.8 Å². The van der Waals surface area contributed by atoms with Crippen LogP contribution in [0.15, 0.2) is 24.5 Å². The monoisotopic (exact) mass is 323 g/mol. The zero-order chi connectivity index (χ0) is 16.9. The van der Waals surface area contributed by atoms with Crippen LogP contribution in [0.1, 0.15) is 36.1 Å². The lowest BCUT2D eigenvalue weighted by Crippen LogP contribution is -2.19. The van der Waals surface area contributed by atoms with E-state index in [0.29, 0.717) is 11.7 Å². The van der Waals surface area contributed by atoms with Gasteiger partial charge in [-0.3, -0.25) is 4.98 Å². The summed E-state index contributed by atoms with van der Waals surface area (Å²) in [4.78, 5) is 12.6. The Morgan fingerprint density at radius 2 is 2.21 bits per heavy atom. The lowest BCUT2D eigenvalue weighted by Gasteiger charge is -2.16. The fraction of sp³-hybridized carbons (Fsp3) is 0.389. The zero-order valence-electron chi connectivity index (χ0n) is 13.7. The highest BCUT2D eigenvalue weighted by atomic mass is 16.3. The molecule has 24 heavy (non-hydrogen) atoms. The fourth-order valence-corrected chi connectivity index (χ4v) is 2.99. The molecule has 0 bridgehead atoms. The molecule has 0 aliphatic heterocycles. The molecule has 124 valence electrons. The maximum atomic E-state index is 9.30. The first-order valence-corrected chi connectivity index (χ1v) is 8.09. The molecule has 2 aromatic rings. The van der Waals surface area contributed by atoms with E-state index in [4.69, 9.17) is 5.73 Å². The molecule has 2 aromatic heterocycles. The van der Waals surface area contributed by atoms with Crippen LogP contribution in [-0.2, 0) is 0 Å².